The normalized spacial score (nSPS) is 12.8. The molecule has 2 aromatic rings. The van der Waals surface area contributed by atoms with Crippen molar-refractivity contribution in [1.29, 1.82) is 0 Å². The Balaban J connectivity index is 2.29. The molecule has 0 bridgehead atoms. The van der Waals surface area contributed by atoms with E-state index in [9.17, 15) is 4.79 Å². The van der Waals surface area contributed by atoms with E-state index >= 15 is 0 Å². The number of carbonyl (C=O) groups is 1. The lowest BCUT2D eigenvalue weighted by Gasteiger charge is -2.20. The number of nitrogens with zero attached hydrogens (tertiary/aromatic N) is 2. The van der Waals surface area contributed by atoms with Gasteiger partial charge in [-0.3, -0.25) is 4.79 Å². The van der Waals surface area contributed by atoms with Gasteiger partial charge in [-0.05, 0) is 12.3 Å². The molecule has 0 saturated heterocycles. The molecule has 6 heteroatoms. The predicted octanol–water partition coefficient (Wildman–Crippen LogP) is 2.44. The Morgan fingerprint density at radius 3 is 2.68 bits per heavy atom. The van der Waals surface area contributed by atoms with Gasteiger partial charge in [-0.1, -0.05) is 20.8 Å². The zero-order valence-electron chi connectivity index (χ0n) is 11.3. The highest BCUT2D eigenvalue weighted by Gasteiger charge is 2.21. The molecule has 102 valence electrons. The third kappa shape index (κ3) is 2.68. The van der Waals surface area contributed by atoms with Crippen LogP contribution in [0.25, 0.3) is 10.3 Å². The van der Waals surface area contributed by atoms with Crippen molar-refractivity contribution in [3.05, 3.63) is 17.3 Å². The van der Waals surface area contributed by atoms with Gasteiger partial charge in [0.15, 0.2) is 0 Å². The maximum atomic E-state index is 12.3. The fourth-order valence-corrected chi connectivity index (χ4v) is 2.91. The van der Waals surface area contributed by atoms with E-state index in [2.05, 4.69) is 36.1 Å². The van der Waals surface area contributed by atoms with Crippen molar-refractivity contribution in [2.75, 3.05) is 5.73 Å². The summed E-state index contributed by atoms with van der Waals surface area (Å²) in [5.41, 5.74) is 7.01. The number of fused-ring (bicyclic) bond motifs is 1. The molecular weight excluding hydrogens is 260 g/mol. The number of nitrogen functional groups attached to an aromatic ring is 1. The lowest BCUT2D eigenvalue weighted by atomic mass is 10.0. The number of aromatic nitrogens is 2. The van der Waals surface area contributed by atoms with E-state index in [1.165, 1.54) is 11.3 Å². The molecule has 1 amide bonds. The van der Waals surface area contributed by atoms with Gasteiger partial charge in [0.2, 0.25) is 0 Å². The molecule has 0 aliphatic rings. The summed E-state index contributed by atoms with van der Waals surface area (Å²) >= 11 is 1.29. The zero-order chi connectivity index (χ0) is 14.0. The number of thiophene rings is 1. The van der Waals surface area contributed by atoms with Gasteiger partial charge < -0.3 is 11.1 Å². The molecule has 0 fully saturated rings. The highest BCUT2D eigenvalue weighted by molar-refractivity contribution is 7.21. The van der Waals surface area contributed by atoms with Gasteiger partial charge >= 0.3 is 0 Å². The SMILES string of the molecule is CCC(NC(=O)c1sc2nccnc2c1N)C(C)C. The van der Waals surface area contributed by atoms with E-state index < -0.39 is 0 Å². The first kappa shape index (κ1) is 13.7. The second kappa shape index (κ2) is 5.52. The fourth-order valence-electron chi connectivity index (χ4n) is 1.99. The summed E-state index contributed by atoms with van der Waals surface area (Å²) in [7, 11) is 0. The van der Waals surface area contributed by atoms with Crippen molar-refractivity contribution in [3.8, 4) is 0 Å². The maximum Gasteiger partial charge on any atom is 0.263 e. The molecule has 19 heavy (non-hydrogen) atoms. The monoisotopic (exact) mass is 278 g/mol. The second-order valence-electron chi connectivity index (χ2n) is 4.79. The summed E-state index contributed by atoms with van der Waals surface area (Å²) in [5.74, 6) is 0.253. The first-order valence-corrected chi connectivity index (χ1v) is 7.16. The molecule has 0 aliphatic carbocycles. The topological polar surface area (TPSA) is 80.9 Å². The zero-order valence-corrected chi connectivity index (χ0v) is 12.1. The minimum Gasteiger partial charge on any atom is -0.396 e. The Hall–Kier alpha value is -1.69. The molecule has 0 aromatic carbocycles. The van der Waals surface area contributed by atoms with Gasteiger partial charge in [-0.15, -0.1) is 11.3 Å². The average molecular weight is 278 g/mol. The minimum atomic E-state index is -0.136. The van der Waals surface area contributed by atoms with Crippen molar-refractivity contribution < 1.29 is 4.79 Å². The summed E-state index contributed by atoms with van der Waals surface area (Å²) < 4.78 is 0. The van der Waals surface area contributed by atoms with Gasteiger partial charge in [0.25, 0.3) is 5.91 Å². The number of carbonyl (C=O) groups excluding carboxylic acids is 1. The lowest BCUT2D eigenvalue weighted by molar-refractivity contribution is 0.0929. The number of amides is 1. The van der Waals surface area contributed by atoms with Crippen LogP contribution in [0.5, 0.6) is 0 Å². The number of hydrogen-bond acceptors (Lipinski definition) is 5. The van der Waals surface area contributed by atoms with E-state index in [0.717, 1.165) is 6.42 Å². The summed E-state index contributed by atoms with van der Waals surface area (Å²) in [6.07, 6.45) is 4.07. The molecule has 2 rings (SSSR count). The van der Waals surface area contributed by atoms with Crippen molar-refractivity contribution in [2.24, 2.45) is 5.92 Å². The molecule has 0 saturated carbocycles. The third-order valence-electron chi connectivity index (χ3n) is 3.13. The van der Waals surface area contributed by atoms with E-state index in [0.29, 0.717) is 26.8 Å². The maximum absolute atomic E-state index is 12.3. The van der Waals surface area contributed by atoms with Crippen LogP contribution in [0.2, 0.25) is 0 Å². The van der Waals surface area contributed by atoms with Crippen LogP contribution < -0.4 is 11.1 Å². The lowest BCUT2D eigenvalue weighted by Crippen LogP contribution is -2.37. The molecule has 2 aromatic heterocycles. The van der Waals surface area contributed by atoms with Gasteiger partial charge in [0.05, 0.1) is 5.69 Å². The van der Waals surface area contributed by atoms with Gasteiger partial charge in [-0.2, -0.15) is 0 Å². The van der Waals surface area contributed by atoms with Crippen LogP contribution in [0.15, 0.2) is 12.4 Å². The fraction of sp³-hybridized carbons (Fsp3) is 0.462. The summed E-state index contributed by atoms with van der Waals surface area (Å²) in [5, 5.41) is 3.02. The van der Waals surface area contributed by atoms with Gasteiger partial charge in [0, 0.05) is 18.4 Å². The molecule has 2 heterocycles. The number of rotatable bonds is 4. The van der Waals surface area contributed by atoms with Crippen molar-refractivity contribution >= 4 is 33.3 Å². The Bertz CT molecular complexity index is 593. The third-order valence-corrected chi connectivity index (χ3v) is 4.23. The van der Waals surface area contributed by atoms with Crippen LogP contribution in [0.4, 0.5) is 5.69 Å². The van der Waals surface area contributed by atoms with Crippen LogP contribution in [-0.2, 0) is 0 Å². The van der Waals surface area contributed by atoms with E-state index in [1.807, 2.05) is 0 Å². The van der Waals surface area contributed by atoms with Crippen molar-refractivity contribution in [3.63, 3.8) is 0 Å². The Labute approximate surface area is 116 Å². The van der Waals surface area contributed by atoms with E-state index in [4.69, 9.17) is 5.73 Å². The van der Waals surface area contributed by atoms with Gasteiger partial charge in [-0.25, -0.2) is 9.97 Å². The molecule has 1 unspecified atom stereocenters. The number of hydrogen-bond donors (Lipinski definition) is 2. The number of anilines is 1. The first-order valence-electron chi connectivity index (χ1n) is 6.34. The predicted molar refractivity (Wildman–Crippen MR) is 78.2 cm³/mol. The van der Waals surface area contributed by atoms with Crippen molar-refractivity contribution in [2.45, 2.75) is 33.2 Å². The molecule has 5 nitrogen and oxygen atoms in total. The van der Waals surface area contributed by atoms with E-state index in [-0.39, 0.29) is 11.9 Å². The van der Waals surface area contributed by atoms with E-state index in [1.54, 1.807) is 12.4 Å². The first-order chi connectivity index (χ1) is 9.04. The largest absolute Gasteiger partial charge is 0.396 e. The molecule has 1 atom stereocenters. The molecule has 0 aliphatic heterocycles. The van der Waals surface area contributed by atoms with Crippen LogP contribution >= 0.6 is 11.3 Å². The Morgan fingerprint density at radius 1 is 1.42 bits per heavy atom. The van der Waals surface area contributed by atoms with Crippen LogP contribution in [0.3, 0.4) is 0 Å². The minimum absolute atomic E-state index is 0.136. The van der Waals surface area contributed by atoms with Crippen LogP contribution in [0.1, 0.15) is 36.9 Å². The number of nitrogens with two attached hydrogens (primary N) is 1. The molecule has 0 radical (unpaired) electrons. The highest BCUT2D eigenvalue weighted by atomic mass is 32.1. The number of nitrogens with one attached hydrogen (secondary N) is 1. The Morgan fingerprint density at radius 2 is 2.11 bits per heavy atom. The smallest absolute Gasteiger partial charge is 0.263 e. The molecular formula is C13H18N4OS. The second-order valence-corrected chi connectivity index (χ2v) is 5.79. The average Bonchev–Trinajstić information content (AvgIpc) is 2.73. The molecule has 0 spiro atoms. The van der Waals surface area contributed by atoms with Crippen LogP contribution in [-0.4, -0.2) is 21.9 Å². The highest BCUT2D eigenvalue weighted by Crippen LogP contribution is 2.30. The molecule has 3 N–H and O–H groups in total. The summed E-state index contributed by atoms with van der Waals surface area (Å²) in [6, 6.07) is 0.151. The standard InChI is InChI=1S/C13H18N4OS/c1-4-8(7(2)3)17-12(18)11-9(14)10-13(19-11)16-6-5-15-10/h5-8H,4,14H2,1-3H3,(H,17,18). The summed E-state index contributed by atoms with van der Waals surface area (Å²) in [6.45, 7) is 6.24. The summed E-state index contributed by atoms with van der Waals surface area (Å²) in [4.78, 5) is 21.8. The quantitative estimate of drug-likeness (QED) is 0.900. The van der Waals surface area contributed by atoms with Crippen molar-refractivity contribution in [1.82, 2.24) is 15.3 Å². The van der Waals surface area contributed by atoms with Crippen LogP contribution in [0, 0.1) is 5.92 Å². The Kier molecular flexibility index (Phi) is 3.99. The van der Waals surface area contributed by atoms with Gasteiger partial charge in [0.1, 0.15) is 15.2 Å².